The Kier molecular flexibility index (Phi) is 3.63. The van der Waals surface area contributed by atoms with Crippen molar-refractivity contribution >= 4 is 54.4 Å². The molecule has 0 aliphatic heterocycles. The second-order valence-corrected chi connectivity index (χ2v) is 5.99. The second-order valence-electron chi connectivity index (χ2n) is 4.22. The van der Waals surface area contributed by atoms with Crippen molar-refractivity contribution in [2.45, 2.75) is 0 Å². The fourth-order valence-corrected chi connectivity index (χ4v) is 2.59. The molecule has 1 N–H and O–H groups in total. The van der Waals surface area contributed by atoms with Gasteiger partial charge in [-0.05, 0) is 42.5 Å². The van der Waals surface area contributed by atoms with Gasteiger partial charge in [-0.1, -0.05) is 37.9 Å². The number of furan rings is 1. The second kappa shape index (κ2) is 5.42. The first-order chi connectivity index (χ1) is 9.63. The van der Waals surface area contributed by atoms with E-state index in [1.165, 1.54) is 0 Å². The summed E-state index contributed by atoms with van der Waals surface area (Å²) in [5.74, 6) is 0.0187. The molecule has 1 heterocycles. The van der Waals surface area contributed by atoms with Crippen LogP contribution in [0.2, 0.25) is 0 Å². The van der Waals surface area contributed by atoms with Crippen LogP contribution >= 0.6 is 31.9 Å². The van der Waals surface area contributed by atoms with Gasteiger partial charge in [0.1, 0.15) is 5.58 Å². The number of carbonyl (C=O) groups is 1. The van der Waals surface area contributed by atoms with Crippen molar-refractivity contribution < 1.29 is 9.21 Å². The third-order valence-electron chi connectivity index (χ3n) is 2.83. The highest BCUT2D eigenvalue weighted by Gasteiger charge is 2.13. The Labute approximate surface area is 132 Å². The maximum Gasteiger partial charge on any atom is 0.291 e. The number of fused-ring (bicyclic) bond motifs is 1. The molecule has 3 rings (SSSR count). The summed E-state index contributed by atoms with van der Waals surface area (Å²) in [7, 11) is 0. The first-order valence-electron chi connectivity index (χ1n) is 5.88. The zero-order chi connectivity index (χ0) is 14.1. The molecular weight excluding hydrogens is 386 g/mol. The van der Waals surface area contributed by atoms with E-state index in [2.05, 4.69) is 37.2 Å². The van der Waals surface area contributed by atoms with Gasteiger partial charge in [0.05, 0.1) is 0 Å². The summed E-state index contributed by atoms with van der Waals surface area (Å²) >= 11 is 6.79. The Morgan fingerprint density at radius 1 is 1.05 bits per heavy atom. The van der Waals surface area contributed by atoms with E-state index in [1.807, 2.05) is 42.5 Å². The molecule has 20 heavy (non-hydrogen) atoms. The first kappa shape index (κ1) is 13.4. The lowest BCUT2D eigenvalue weighted by atomic mass is 10.2. The van der Waals surface area contributed by atoms with Gasteiger partial charge >= 0.3 is 0 Å². The van der Waals surface area contributed by atoms with E-state index in [9.17, 15) is 4.79 Å². The average Bonchev–Trinajstić information content (AvgIpc) is 2.87. The van der Waals surface area contributed by atoms with Gasteiger partial charge in [-0.3, -0.25) is 4.79 Å². The van der Waals surface area contributed by atoms with Crippen LogP contribution in [-0.2, 0) is 0 Å². The molecular formula is C15H9Br2NO2. The fraction of sp³-hybridized carbons (Fsp3) is 0. The summed E-state index contributed by atoms with van der Waals surface area (Å²) in [6.45, 7) is 0. The zero-order valence-corrected chi connectivity index (χ0v) is 13.4. The van der Waals surface area contributed by atoms with Gasteiger partial charge in [0.15, 0.2) is 5.76 Å². The lowest BCUT2D eigenvalue weighted by molar-refractivity contribution is 0.0998. The van der Waals surface area contributed by atoms with E-state index in [0.29, 0.717) is 5.58 Å². The van der Waals surface area contributed by atoms with Gasteiger partial charge in [-0.2, -0.15) is 0 Å². The number of rotatable bonds is 2. The minimum Gasteiger partial charge on any atom is -0.451 e. The van der Waals surface area contributed by atoms with Crippen molar-refractivity contribution in [2.75, 3.05) is 5.32 Å². The number of halogens is 2. The number of anilines is 1. The summed E-state index contributed by atoms with van der Waals surface area (Å²) in [5.41, 5.74) is 1.40. The third kappa shape index (κ3) is 2.64. The van der Waals surface area contributed by atoms with Crippen molar-refractivity contribution in [2.24, 2.45) is 0 Å². The van der Waals surface area contributed by atoms with Crippen LogP contribution < -0.4 is 5.32 Å². The molecule has 0 saturated carbocycles. The standard InChI is InChI=1S/C15H9Br2NO2/c16-9-4-6-10(7-5-9)18-15(19)14-8-11-12(17)2-1-3-13(11)20-14/h1-8H,(H,18,19). The van der Waals surface area contributed by atoms with Gasteiger partial charge in [-0.25, -0.2) is 0 Å². The van der Waals surface area contributed by atoms with Gasteiger partial charge in [0.25, 0.3) is 5.91 Å². The summed E-state index contributed by atoms with van der Waals surface area (Å²) in [4.78, 5) is 12.1. The predicted molar refractivity (Wildman–Crippen MR) is 86.0 cm³/mol. The van der Waals surface area contributed by atoms with Gasteiger partial charge in [-0.15, -0.1) is 0 Å². The number of carbonyl (C=O) groups excluding carboxylic acids is 1. The van der Waals surface area contributed by atoms with E-state index < -0.39 is 0 Å². The average molecular weight is 395 g/mol. The first-order valence-corrected chi connectivity index (χ1v) is 7.47. The molecule has 0 unspecified atom stereocenters. The smallest absolute Gasteiger partial charge is 0.291 e. The van der Waals surface area contributed by atoms with Gasteiger partial charge in [0.2, 0.25) is 0 Å². The molecule has 1 aromatic heterocycles. The molecule has 0 bridgehead atoms. The molecule has 1 amide bonds. The SMILES string of the molecule is O=C(Nc1ccc(Br)cc1)c1cc2c(Br)cccc2o1. The van der Waals surface area contributed by atoms with E-state index in [-0.39, 0.29) is 11.7 Å². The third-order valence-corrected chi connectivity index (χ3v) is 4.05. The van der Waals surface area contributed by atoms with Crippen LogP contribution in [0.4, 0.5) is 5.69 Å². The number of amides is 1. The van der Waals surface area contributed by atoms with E-state index >= 15 is 0 Å². The topological polar surface area (TPSA) is 42.2 Å². The fourth-order valence-electron chi connectivity index (χ4n) is 1.86. The largest absolute Gasteiger partial charge is 0.451 e. The highest BCUT2D eigenvalue weighted by atomic mass is 79.9. The van der Waals surface area contributed by atoms with Crippen LogP contribution in [0.3, 0.4) is 0 Å². The van der Waals surface area contributed by atoms with Gasteiger partial charge in [0, 0.05) is 20.0 Å². The Bertz CT molecular complexity index is 778. The lowest BCUT2D eigenvalue weighted by Crippen LogP contribution is -2.10. The van der Waals surface area contributed by atoms with Crippen LogP contribution in [-0.4, -0.2) is 5.91 Å². The molecule has 0 atom stereocenters. The molecule has 0 radical (unpaired) electrons. The minimum atomic E-state index is -0.268. The number of benzene rings is 2. The predicted octanol–water partition coefficient (Wildman–Crippen LogP) is 5.21. The molecule has 2 aromatic carbocycles. The molecule has 0 spiro atoms. The summed E-state index contributed by atoms with van der Waals surface area (Å²) in [6.07, 6.45) is 0. The highest BCUT2D eigenvalue weighted by molar-refractivity contribution is 9.11. The summed E-state index contributed by atoms with van der Waals surface area (Å²) in [6, 6.07) is 14.7. The van der Waals surface area contributed by atoms with Crippen LogP contribution in [0, 0.1) is 0 Å². The molecule has 0 fully saturated rings. The Morgan fingerprint density at radius 2 is 1.80 bits per heavy atom. The van der Waals surface area contributed by atoms with Crippen molar-refractivity contribution in [3.8, 4) is 0 Å². The lowest BCUT2D eigenvalue weighted by Gasteiger charge is -2.02. The van der Waals surface area contributed by atoms with E-state index in [4.69, 9.17) is 4.42 Å². The summed E-state index contributed by atoms with van der Waals surface area (Å²) in [5, 5.41) is 3.68. The van der Waals surface area contributed by atoms with Crippen LogP contribution in [0.15, 0.2) is 61.9 Å². The molecule has 0 aliphatic carbocycles. The molecule has 3 aromatic rings. The number of hydrogen-bond acceptors (Lipinski definition) is 2. The Morgan fingerprint density at radius 3 is 2.50 bits per heavy atom. The zero-order valence-electron chi connectivity index (χ0n) is 10.2. The van der Waals surface area contributed by atoms with Crippen LogP contribution in [0.25, 0.3) is 11.0 Å². The Hall–Kier alpha value is -1.59. The molecule has 5 heteroatoms. The Balaban J connectivity index is 1.89. The maximum atomic E-state index is 12.1. The minimum absolute atomic E-state index is 0.268. The maximum absolute atomic E-state index is 12.1. The number of hydrogen-bond donors (Lipinski definition) is 1. The van der Waals surface area contributed by atoms with Gasteiger partial charge < -0.3 is 9.73 Å². The van der Waals surface area contributed by atoms with Crippen molar-refractivity contribution in [1.82, 2.24) is 0 Å². The van der Waals surface area contributed by atoms with Crippen molar-refractivity contribution in [3.05, 3.63) is 63.2 Å². The highest BCUT2D eigenvalue weighted by Crippen LogP contribution is 2.27. The quantitative estimate of drug-likeness (QED) is 0.648. The monoisotopic (exact) mass is 393 g/mol. The summed E-state index contributed by atoms with van der Waals surface area (Å²) < 4.78 is 7.42. The molecule has 0 aliphatic rings. The molecule has 0 saturated heterocycles. The van der Waals surface area contributed by atoms with E-state index in [1.54, 1.807) is 6.07 Å². The van der Waals surface area contributed by atoms with Crippen molar-refractivity contribution in [1.29, 1.82) is 0 Å². The molecule has 3 nitrogen and oxygen atoms in total. The van der Waals surface area contributed by atoms with Crippen LogP contribution in [0.5, 0.6) is 0 Å². The normalized spacial score (nSPS) is 10.7. The molecule has 100 valence electrons. The number of nitrogens with one attached hydrogen (secondary N) is 1. The van der Waals surface area contributed by atoms with E-state index in [0.717, 1.165) is 20.0 Å². The van der Waals surface area contributed by atoms with Crippen LogP contribution in [0.1, 0.15) is 10.6 Å². The van der Waals surface area contributed by atoms with Crippen molar-refractivity contribution in [3.63, 3.8) is 0 Å².